The fourth-order valence-electron chi connectivity index (χ4n) is 2.61. The monoisotopic (exact) mass is 250 g/mol. The van der Waals surface area contributed by atoms with Crippen molar-refractivity contribution in [2.75, 3.05) is 7.11 Å². The van der Waals surface area contributed by atoms with Gasteiger partial charge in [0, 0.05) is 18.4 Å². The van der Waals surface area contributed by atoms with Crippen LogP contribution < -0.4 is 4.74 Å². The van der Waals surface area contributed by atoms with Crippen molar-refractivity contribution >= 4 is 5.78 Å². The van der Waals surface area contributed by atoms with Crippen molar-refractivity contribution in [3.05, 3.63) is 29.6 Å². The van der Waals surface area contributed by atoms with Gasteiger partial charge in [-0.25, -0.2) is 4.39 Å². The third kappa shape index (κ3) is 2.89. The highest BCUT2D eigenvalue weighted by Crippen LogP contribution is 2.29. The van der Waals surface area contributed by atoms with Crippen LogP contribution >= 0.6 is 0 Å². The summed E-state index contributed by atoms with van der Waals surface area (Å²) in [5.74, 6) is 1.06. The molecule has 2 atom stereocenters. The van der Waals surface area contributed by atoms with Crippen molar-refractivity contribution in [1.29, 1.82) is 0 Å². The van der Waals surface area contributed by atoms with Crippen LogP contribution in [0.1, 0.15) is 31.7 Å². The average molecular weight is 250 g/mol. The summed E-state index contributed by atoms with van der Waals surface area (Å²) in [6.45, 7) is 2.16. The number of hydrogen-bond donors (Lipinski definition) is 0. The summed E-state index contributed by atoms with van der Waals surface area (Å²) in [6, 6.07) is 4.85. The molecule has 1 aromatic rings. The maximum atomic E-state index is 13.8. The van der Waals surface area contributed by atoms with E-state index in [2.05, 4.69) is 6.92 Å². The van der Waals surface area contributed by atoms with E-state index in [4.69, 9.17) is 4.74 Å². The Morgan fingerprint density at radius 3 is 2.89 bits per heavy atom. The van der Waals surface area contributed by atoms with Gasteiger partial charge in [-0.15, -0.1) is 0 Å². The minimum atomic E-state index is -0.277. The molecular weight excluding hydrogens is 231 g/mol. The Morgan fingerprint density at radius 2 is 2.22 bits per heavy atom. The van der Waals surface area contributed by atoms with Gasteiger partial charge in [-0.1, -0.05) is 13.0 Å². The predicted octanol–water partition coefficient (Wildman–Crippen LogP) is 3.38. The minimum absolute atomic E-state index is 0.0170. The second-order valence-electron chi connectivity index (χ2n) is 5.20. The van der Waals surface area contributed by atoms with Crippen LogP contribution in [0.15, 0.2) is 18.2 Å². The van der Waals surface area contributed by atoms with Crippen molar-refractivity contribution < 1.29 is 13.9 Å². The lowest BCUT2D eigenvalue weighted by atomic mass is 9.78. The molecule has 0 amide bonds. The maximum Gasteiger partial charge on any atom is 0.136 e. The van der Waals surface area contributed by atoms with Gasteiger partial charge in [0.05, 0.1) is 7.11 Å². The number of hydrogen-bond acceptors (Lipinski definition) is 2. The Hall–Kier alpha value is -1.38. The van der Waals surface area contributed by atoms with Crippen molar-refractivity contribution in [1.82, 2.24) is 0 Å². The van der Waals surface area contributed by atoms with Gasteiger partial charge in [0.2, 0.25) is 0 Å². The Kier molecular flexibility index (Phi) is 4.00. The molecule has 2 rings (SSSR count). The second kappa shape index (κ2) is 5.51. The molecule has 1 aliphatic carbocycles. The van der Waals surface area contributed by atoms with E-state index in [1.807, 2.05) is 0 Å². The van der Waals surface area contributed by atoms with Crippen LogP contribution in [0.3, 0.4) is 0 Å². The lowest BCUT2D eigenvalue weighted by Gasteiger charge is -2.25. The molecule has 2 unspecified atom stereocenters. The Labute approximate surface area is 107 Å². The van der Waals surface area contributed by atoms with E-state index in [9.17, 15) is 9.18 Å². The highest BCUT2D eigenvalue weighted by atomic mass is 19.1. The SMILES string of the molecule is COc1ccc(CC2CC(C)CCC2=O)c(F)c1. The number of benzene rings is 1. The summed E-state index contributed by atoms with van der Waals surface area (Å²) >= 11 is 0. The molecule has 1 fully saturated rings. The summed E-state index contributed by atoms with van der Waals surface area (Å²) in [5.41, 5.74) is 0.614. The van der Waals surface area contributed by atoms with E-state index in [-0.39, 0.29) is 17.5 Å². The first kappa shape index (κ1) is 13.1. The second-order valence-corrected chi connectivity index (χ2v) is 5.20. The summed E-state index contributed by atoms with van der Waals surface area (Å²) in [5, 5.41) is 0. The molecule has 0 aromatic heterocycles. The third-order valence-electron chi connectivity index (χ3n) is 3.75. The lowest BCUT2D eigenvalue weighted by Crippen LogP contribution is -2.25. The Bertz CT molecular complexity index is 442. The van der Waals surface area contributed by atoms with Crippen LogP contribution in [0.4, 0.5) is 4.39 Å². The summed E-state index contributed by atoms with van der Waals surface area (Å²) in [7, 11) is 1.51. The van der Waals surface area contributed by atoms with Crippen LogP contribution in [-0.2, 0) is 11.2 Å². The number of carbonyl (C=O) groups excluding carboxylic acids is 1. The molecular formula is C15H19FO2. The zero-order valence-electron chi connectivity index (χ0n) is 10.9. The predicted molar refractivity (Wildman–Crippen MR) is 68.2 cm³/mol. The highest BCUT2D eigenvalue weighted by molar-refractivity contribution is 5.82. The van der Waals surface area contributed by atoms with E-state index in [1.54, 1.807) is 12.1 Å². The number of halogens is 1. The smallest absolute Gasteiger partial charge is 0.136 e. The van der Waals surface area contributed by atoms with Crippen molar-refractivity contribution in [2.45, 2.75) is 32.6 Å². The average Bonchev–Trinajstić information content (AvgIpc) is 2.36. The summed E-state index contributed by atoms with van der Waals surface area (Å²) in [4.78, 5) is 11.8. The first-order valence-corrected chi connectivity index (χ1v) is 6.45. The number of methoxy groups -OCH3 is 1. The van der Waals surface area contributed by atoms with E-state index in [0.717, 1.165) is 12.8 Å². The zero-order chi connectivity index (χ0) is 13.1. The van der Waals surface area contributed by atoms with Gasteiger partial charge in [-0.05, 0) is 36.8 Å². The molecule has 0 N–H and O–H groups in total. The van der Waals surface area contributed by atoms with E-state index in [1.165, 1.54) is 13.2 Å². The van der Waals surface area contributed by atoms with Crippen LogP contribution in [-0.4, -0.2) is 12.9 Å². The van der Waals surface area contributed by atoms with Gasteiger partial charge < -0.3 is 4.74 Å². The molecule has 2 nitrogen and oxygen atoms in total. The van der Waals surface area contributed by atoms with Gasteiger partial charge >= 0.3 is 0 Å². The van der Waals surface area contributed by atoms with Crippen molar-refractivity contribution in [2.24, 2.45) is 11.8 Å². The topological polar surface area (TPSA) is 26.3 Å². The molecule has 98 valence electrons. The summed E-state index contributed by atoms with van der Waals surface area (Å²) < 4.78 is 18.8. The van der Waals surface area contributed by atoms with Crippen LogP contribution in [0.5, 0.6) is 5.75 Å². The molecule has 0 aliphatic heterocycles. The number of Topliss-reactive ketones (excluding diaryl/α,β-unsaturated/α-hetero) is 1. The summed E-state index contributed by atoms with van der Waals surface area (Å²) in [6.07, 6.45) is 3.01. The number of rotatable bonds is 3. The first-order chi connectivity index (χ1) is 8.60. The minimum Gasteiger partial charge on any atom is -0.497 e. The molecule has 1 aromatic carbocycles. The van der Waals surface area contributed by atoms with Crippen LogP contribution in [0.2, 0.25) is 0 Å². The highest BCUT2D eigenvalue weighted by Gasteiger charge is 2.27. The molecule has 18 heavy (non-hydrogen) atoms. The quantitative estimate of drug-likeness (QED) is 0.822. The maximum absolute atomic E-state index is 13.8. The first-order valence-electron chi connectivity index (χ1n) is 6.45. The Balaban J connectivity index is 2.10. The molecule has 3 heteroatoms. The molecule has 0 saturated heterocycles. The largest absolute Gasteiger partial charge is 0.497 e. The number of ketones is 1. The Morgan fingerprint density at radius 1 is 1.44 bits per heavy atom. The number of ether oxygens (including phenoxy) is 1. The van der Waals surface area contributed by atoms with Gasteiger partial charge in [0.25, 0.3) is 0 Å². The van der Waals surface area contributed by atoms with Crippen LogP contribution in [0.25, 0.3) is 0 Å². The van der Waals surface area contributed by atoms with Crippen LogP contribution in [0, 0.1) is 17.7 Å². The van der Waals surface area contributed by atoms with E-state index in [0.29, 0.717) is 30.1 Å². The lowest BCUT2D eigenvalue weighted by molar-refractivity contribution is -0.125. The van der Waals surface area contributed by atoms with Gasteiger partial charge in [-0.2, -0.15) is 0 Å². The normalized spacial score (nSPS) is 24.1. The third-order valence-corrected chi connectivity index (χ3v) is 3.75. The van der Waals surface area contributed by atoms with Gasteiger partial charge in [-0.3, -0.25) is 4.79 Å². The van der Waals surface area contributed by atoms with Crippen molar-refractivity contribution in [3.63, 3.8) is 0 Å². The van der Waals surface area contributed by atoms with E-state index >= 15 is 0 Å². The standard InChI is InChI=1S/C15H19FO2/c1-10-3-6-15(17)12(7-10)8-11-4-5-13(18-2)9-14(11)16/h4-5,9-10,12H,3,6-8H2,1-2H3. The fourth-order valence-corrected chi connectivity index (χ4v) is 2.61. The molecule has 1 saturated carbocycles. The number of carbonyl (C=O) groups is 1. The molecule has 1 aliphatic rings. The fraction of sp³-hybridized carbons (Fsp3) is 0.533. The molecule has 0 radical (unpaired) electrons. The van der Waals surface area contributed by atoms with Gasteiger partial charge in [0.15, 0.2) is 0 Å². The van der Waals surface area contributed by atoms with E-state index < -0.39 is 0 Å². The zero-order valence-corrected chi connectivity index (χ0v) is 10.9. The molecule has 0 bridgehead atoms. The molecule has 0 heterocycles. The molecule has 0 spiro atoms. The van der Waals surface area contributed by atoms with Crippen molar-refractivity contribution in [3.8, 4) is 5.75 Å². The van der Waals surface area contributed by atoms with Gasteiger partial charge in [0.1, 0.15) is 17.3 Å².